The fraction of sp³-hybridized carbons (Fsp3) is 0.929. The molecule has 0 heterocycles. The van der Waals surface area contributed by atoms with Crippen LogP contribution in [0.3, 0.4) is 0 Å². The molecule has 0 aromatic heterocycles. The number of hydrogen-bond acceptors (Lipinski definition) is 2. The van der Waals surface area contributed by atoms with Crippen LogP contribution in [0, 0.1) is 5.92 Å². The summed E-state index contributed by atoms with van der Waals surface area (Å²) in [6.07, 6.45) is 5.45. The Morgan fingerprint density at radius 2 is 1.82 bits per heavy atom. The molecule has 17 heavy (non-hydrogen) atoms. The van der Waals surface area contributed by atoms with E-state index in [9.17, 15) is 4.79 Å². The average Bonchev–Trinajstić information content (AvgIpc) is 2.36. The van der Waals surface area contributed by atoms with Crippen molar-refractivity contribution in [3.05, 3.63) is 0 Å². The van der Waals surface area contributed by atoms with Crippen LogP contribution >= 0.6 is 0 Å². The normalized spacial score (nSPS) is 14.7. The third-order valence-corrected chi connectivity index (χ3v) is 3.69. The van der Waals surface area contributed by atoms with Gasteiger partial charge >= 0.3 is 0 Å². The molecule has 3 nitrogen and oxygen atoms in total. The zero-order chi connectivity index (χ0) is 13.3. The molecule has 0 aliphatic carbocycles. The van der Waals surface area contributed by atoms with Crippen LogP contribution in [0.2, 0.25) is 0 Å². The van der Waals surface area contributed by atoms with Gasteiger partial charge in [0, 0.05) is 7.05 Å². The van der Waals surface area contributed by atoms with Crippen LogP contribution in [0.4, 0.5) is 0 Å². The highest BCUT2D eigenvalue weighted by molar-refractivity contribution is 5.85. The Balaban J connectivity index is 4.42. The molecule has 0 spiro atoms. The zero-order valence-corrected chi connectivity index (χ0v) is 12.2. The van der Waals surface area contributed by atoms with Crippen molar-refractivity contribution < 1.29 is 4.79 Å². The molecule has 0 saturated carbocycles. The summed E-state index contributed by atoms with van der Waals surface area (Å²) in [6, 6.07) is 0. The highest BCUT2D eigenvalue weighted by atomic mass is 16.2. The third kappa shape index (κ3) is 5.53. The second kappa shape index (κ2) is 8.51. The number of rotatable bonds is 9. The standard InChI is InChI=1S/C14H30N2O/c1-6-9-10-14(4,13(17)15-5)16-11-12(7-2)8-3/h12,16H,6-11H2,1-5H3,(H,15,17). The summed E-state index contributed by atoms with van der Waals surface area (Å²) in [5, 5.41) is 6.24. The molecule has 1 amide bonds. The average molecular weight is 242 g/mol. The molecule has 0 rings (SSSR count). The molecule has 2 N–H and O–H groups in total. The maximum Gasteiger partial charge on any atom is 0.239 e. The van der Waals surface area contributed by atoms with Gasteiger partial charge in [-0.2, -0.15) is 0 Å². The van der Waals surface area contributed by atoms with Gasteiger partial charge in [-0.25, -0.2) is 0 Å². The fourth-order valence-corrected chi connectivity index (χ4v) is 2.04. The van der Waals surface area contributed by atoms with Gasteiger partial charge in [0.1, 0.15) is 0 Å². The van der Waals surface area contributed by atoms with Crippen molar-refractivity contribution in [3.63, 3.8) is 0 Å². The topological polar surface area (TPSA) is 41.1 Å². The minimum Gasteiger partial charge on any atom is -0.358 e. The molecule has 0 aliphatic rings. The number of unbranched alkanes of at least 4 members (excludes halogenated alkanes) is 1. The first kappa shape index (κ1) is 16.4. The summed E-state index contributed by atoms with van der Waals surface area (Å²) >= 11 is 0. The van der Waals surface area contributed by atoms with Gasteiger partial charge in [0.15, 0.2) is 0 Å². The molecule has 0 fully saturated rings. The van der Waals surface area contributed by atoms with Crippen LogP contribution in [-0.2, 0) is 4.79 Å². The van der Waals surface area contributed by atoms with Gasteiger partial charge in [-0.15, -0.1) is 0 Å². The second-order valence-corrected chi connectivity index (χ2v) is 5.08. The minimum atomic E-state index is -0.409. The Hall–Kier alpha value is -0.570. The number of carbonyl (C=O) groups is 1. The molecular weight excluding hydrogens is 212 g/mol. The van der Waals surface area contributed by atoms with E-state index in [0.29, 0.717) is 5.92 Å². The Bertz CT molecular complexity index is 214. The summed E-state index contributed by atoms with van der Waals surface area (Å²) in [4.78, 5) is 12.0. The largest absolute Gasteiger partial charge is 0.358 e. The van der Waals surface area contributed by atoms with Gasteiger partial charge in [0.2, 0.25) is 5.91 Å². The lowest BCUT2D eigenvalue weighted by Crippen LogP contribution is -2.55. The Morgan fingerprint density at radius 1 is 1.24 bits per heavy atom. The van der Waals surface area contributed by atoms with Crippen molar-refractivity contribution in [3.8, 4) is 0 Å². The van der Waals surface area contributed by atoms with Crippen LogP contribution in [0.25, 0.3) is 0 Å². The highest BCUT2D eigenvalue weighted by Gasteiger charge is 2.31. The zero-order valence-electron chi connectivity index (χ0n) is 12.2. The van der Waals surface area contributed by atoms with Gasteiger partial charge < -0.3 is 10.6 Å². The Morgan fingerprint density at radius 3 is 2.24 bits per heavy atom. The van der Waals surface area contributed by atoms with Crippen molar-refractivity contribution >= 4 is 5.91 Å². The van der Waals surface area contributed by atoms with E-state index in [4.69, 9.17) is 0 Å². The van der Waals surface area contributed by atoms with Crippen LogP contribution in [0.5, 0.6) is 0 Å². The van der Waals surface area contributed by atoms with E-state index in [1.165, 1.54) is 12.8 Å². The number of hydrogen-bond donors (Lipinski definition) is 2. The first-order chi connectivity index (χ1) is 8.03. The molecule has 102 valence electrons. The highest BCUT2D eigenvalue weighted by Crippen LogP contribution is 2.16. The molecule has 0 radical (unpaired) electrons. The van der Waals surface area contributed by atoms with Crippen molar-refractivity contribution in [2.24, 2.45) is 5.92 Å². The predicted octanol–water partition coefficient (Wildman–Crippen LogP) is 2.71. The van der Waals surface area contributed by atoms with E-state index in [2.05, 4.69) is 31.4 Å². The van der Waals surface area contributed by atoms with Gasteiger partial charge in [0.25, 0.3) is 0 Å². The van der Waals surface area contributed by atoms with Crippen molar-refractivity contribution in [1.29, 1.82) is 0 Å². The molecule has 3 heteroatoms. The lowest BCUT2D eigenvalue weighted by atomic mass is 9.92. The summed E-state index contributed by atoms with van der Waals surface area (Å²) in [5.74, 6) is 0.775. The molecule has 1 atom stereocenters. The SMILES string of the molecule is CCCCC(C)(NCC(CC)CC)C(=O)NC. The summed E-state index contributed by atoms with van der Waals surface area (Å²) in [7, 11) is 1.71. The second-order valence-electron chi connectivity index (χ2n) is 5.08. The van der Waals surface area contributed by atoms with Crippen LogP contribution in [-0.4, -0.2) is 25.0 Å². The van der Waals surface area contributed by atoms with E-state index < -0.39 is 5.54 Å². The van der Waals surface area contributed by atoms with Crippen molar-refractivity contribution in [2.75, 3.05) is 13.6 Å². The summed E-state index contributed by atoms with van der Waals surface area (Å²) in [6.45, 7) is 9.52. The number of nitrogens with one attached hydrogen (secondary N) is 2. The van der Waals surface area contributed by atoms with E-state index in [1.54, 1.807) is 7.05 Å². The molecular formula is C14H30N2O. The van der Waals surface area contributed by atoms with E-state index in [-0.39, 0.29) is 5.91 Å². The van der Waals surface area contributed by atoms with Crippen LogP contribution in [0.15, 0.2) is 0 Å². The summed E-state index contributed by atoms with van der Waals surface area (Å²) < 4.78 is 0. The quantitative estimate of drug-likeness (QED) is 0.653. The molecule has 1 unspecified atom stereocenters. The molecule has 0 aromatic rings. The Kier molecular flexibility index (Phi) is 8.23. The lowest BCUT2D eigenvalue weighted by Gasteiger charge is -2.31. The van der Waals surface area contributed by atoms with Gasteiger partial charge in [-0.05, 0) is 25.8 Å². The van der Waals surface area contributed by atoms with E-state index >= 15 is 0 Å². The van der Waals surface area contributed by atoms with Crippen LogP contribution in [0.1, 0.15) is 59.8 Å². The first-order valence-corrected chi connectivity index (χ1v) is 7.01. The maximum atomic E-state index is 12.0. The van der Waals surface area contributed by atoms with Crippen molar-refractivity contribution in [2.45, 2.75) is 65.3 Å². The number of carbonyl (C=O) groups excluding carboxylic acids is 1. The molecule has 0 aromatic carbocycles. The number of amides is 1. The third-order valence-electron chi connectivity index (χ3n) is 3.69. The minimum absolute atomic E-state index is 0.108. The van der Waals surface area contributed by atoms with Crippen molar-refractivity contribution in [1.82, 2.24) is 10.6 Å². The van der Waals surface area contributed by atoms with Gasteiger partial charge in [-0.3, -0.25) is 4.79 Å². The van der Waals surface area contributed by atoms with Gasteiger partial charge in [0.05, 0.1) is 5.54 Å². The molecule has 0 saturated heterocycles. The first-order valence-electron chi connectivity index (χ1n) is 7.01. The monoisotopic (exact) mass is 242 g/mol. The van der Waals surface area contributed by atoms with E-state index in [1.807, 2.05) is 6.92 Å². The fourth-order valence-electron chi connectivity index (χ4n) is 2.04. The summed E-state index contributed by atoms with van der Waals surface area (Å²) in [5.41, 5.74) is -0.409. The lowest BCUT2D eigenvalue weighted by molar-refractivity contribution is -0.127. The molecule has 0 bridgehead atoms. The smallest absolute Gasteiger partial charge is 0.239 e. The predicted molar refractivity (Wildman–Crippen MR) is 74.1 cm³/mol. The van der Waals surface area contributed by atoms with Crippen LogP contribution < -0.4 is 10.6 Å². The van der Waals surface area contributed by atoms with Gasteiger partial charge in [-0.1, -0.05) is 46.5 Å². The maximum absolute atomic E-state index is 12.0. The Labute approximate surface area is 107 Å². The molecule has 0 aliphatic heterocycles. The van der Waals surface area contributed by atoms with E-state index in [0.717, 1.165) is 25.8 Å². The number of likely N-dealkylation sites (N-methyl/N-ethyl adjacent to an activating group) is 1.